The van der Waals surface area contributed by atoms with Crippen LogP contribution in [-0.4, -0.2) is 33.9 Å². The van der Waals surface area contributed by atoms with Crippen molar-refractivity contribution in [3.8, 4) is 0 Å². The number of thiazole rings is 1. The molecule has 1 heterocycles. The van der Waals surface area contributed by atoms with Crippen LogP contribution in [0.3, 0.4) is 0 Å². The summed E-state index contributed by atoms with van der Waals surface area (Å²) >= 11 is 7.19. The van der Waals surface area contributed by atoms with E-state index >= 15 is 0 Å². The number of carbonyl (C=O) groups excluding carboxylic acids is 1. The minimum atomic E-state index is -1.07. The zero-order valence-electron chi connectivity index (χ0n) is 14.3. The van der Waals surface area contributed by atoms with Gasteiger partial charge < -0.3 is 20.3 Å². The lowest BCUT2D eigenvalue weighted by molar-refractivity contribution is 0.0137. The Kier molecular flexibility index (Phi) is 6.63. The minimum absolute atomic E-state index is 0.176. The van der Waals surface area contributed by atoms with Crippen molar-refractivity contribution in [1.29, 1.82) is 0 Å². The Morgan fingerprint density at radius 2 is 2.00 bits per heavy atom. The summed E-state index contributed by atoms with van der Waals surface area (Å²) in [5.41, 5.74) is 2.21. The fourth-order valence-electron chi connectivity index (χ4n) is 2.57. The largest absolute Gasteiger partial charge is 0.445 e. The molecule has 142 valence electrons. The molecule has 0 aliphatic carbocycles. The number of nitrogens with one attached hydrogen (secondary N) is 1. The number of aliphatic hydroxyl groups is 2. The van der Waals surface area contributed by atoms with Gasteiger partial charge in [0.2, 0.25) is 0 Å². The van der Waals surface area contributed by atoms with E-state index in [0.29, 0.717) is 10.0 Å². The molecular weight excluding hydrogens is 388 g/mol. The first-order valence-electron chi connectivity index (χ1n) is 8.39. The number of benzene rings is 2. The Balaban J connectivity index is 1.45. The zero-order chi connectivity index (χ0) is 19.2. The molecule has 0 aliphatic heterocycles. The third kappa shape index (κ3) is 5.40. The molecule has 3 N–H and O–H groups in total. The van der Waals surface area contributed by atoms with Gasteiger partial charge in [-0.3, -0.25) is 0 Å². The van der Waals surface area contributed by atoms with Crippen molar-refractivity contribution in [3.63, 3.8) is 0 Å². The van der Waals surface area contributed by atoms with Crippen LogP contribution in [0.2, 0.25) is 4.47 Å². The van der Waals surface area contributed by atoms with E-state index in [9.17, 15) is 15.0 Å². The summed E-state index contributed by atoms with van der Waals surface area (Å²) in [7, 11) is 0. The van der Waals surface area contributed by atoms with E-state index in [2.05, 4.69) is 10.3 Å². The Morgan fingerprint density at radius 1 is 1.22 bits per heavy atom. The molecular formula is C19H19ClN2O4S. The standard InChI is InChI=1S/C19H19ClN2O4S/c20-18-22-14-7-6-13(10-16(14)27-18)17(24)15(23)8-9-21-19(25)26-11-12-4-2-1-3-5-12/h1-7,10,15,17,23-24H,8-9,11H2,(H,21,25). The molecule has 1 amide bonds. The third-order valence-corrected chi connectivity index (χ3v) is 5.14. The maximum absolute atomic E-state index is 11.7. The second-order valence-electron chi connectivity index (χ2n) is 5.98. The molecule has 3 aromatic rings. The second kappa shape index (κ2) is 9.14. The highest BCUT2D eigenvalue weighted by molar-refractivity contribution is 7.22. The van der Waals surface area contributed by atoms with Crippen molar-refractivity contribution in [3.05, 3.63) is 64.1 Å². The van der Waals surface area contributed by atoms with Crippen LogP contribution in [0, 0.1) is 0 Å². The molecule has 2 aromatic carbocycles. The van der Waals surface area contributed by atoms with Crippen LogP contribution in [0.25, 0.3) is 10.2 Å². The van der Waals surface area contributed by atoms with Crippen molar-refractivity contribution in [2.24, 2.45) is 0 Å². The lowest BCUT2D eigenvalue weighted by atomic mass is 10.0. The maximum atomic E-state index is 11.7. The number of aromatic nitrogens is 1. The monoisotopic (exact) mass is 406 g/mol. The number of amides is 1. The molecule has 0 bridgehead atoms. The second-order valence-corrected chi connectivity index (χ2v) is 7.60. The van der Waals surface area contributed by atoms with Gasteiger partial charge in [0.15, 0.2) is 4.47 Å². The van der Waals surface area contributed by atoms with Crippen LogP contribution < -0.4 is 5.32 Å². The maximum Gasteiger partial charge on any atom is 0.407 e. The molecule has 27 heavy (non-hydrogen) atoms. The number of rotatable bonds is 7. The van der Waals surface area contributed by atoms with Crippen molar-refractivity contribution in [1.82, 2.24) is 10.3 Å². The van der Waals surface area contributed by atoms with Crippen LogP contribution in [-0.2, 0) is 11.3 Å². The lowest BCUT2D eigenvalue weighted by Gasteiger charge is -2.18. The number of alkyl carbamates (subject to hydrolysis) is 1. The van der Waals surface area contributed by atoms with Crippen molar-refractivity contribution < 1.29 is 19.7 Å². The van der Waals surface area contributed by atoms with Crippen LogP contribution in [0.1, 0.15) is 23.7 Å². The van der Waals surface area contributed by atoms with Gasteiger partial charge in [0.25, 0.3) is 0 Å². The zero-order valence-corrected chi connectivity index (χ0v) is 15.9. The van der Waals surface area contributed by atoms with Gasteiger partial charge in [-0.2, -0.15) is 0 Å². The van der Waals surface area contributed by atoms with E-state index in [4.69, 9.17) is 16.3 Å². The first kappa shape index (κ1) is 19.6. The number of hydrogen-bond donors (Lipinski definition) is 3. The summed E-state index contributed by atoms with van der Waals surface area (Å²) in [5.74, 6) is 0. The average molecular weight is 407 g/mol. The molecule has 0 fully saturated rings. The van der Waals surface area contributed by atoms with Gasteiger partial charge in [0.1, 0.15) is 12.7 Å². The Morgan fingerprint density at radius 3 is 2.78 bits per heavy atom. The van der Waals surface area contributed by atoms with E-state index in [1.165, 1.54) is 11.3 Å². The van der Waals surface area contributed by atoms with Gasteiger partial charge in [0.05, 0.1) is 16.3 Å². The number of halogens is 1. The van der Waals surface area contributed by atoms with Crippen LogP contribution in [0.15, 0.2) is 48.5 Å². The summed E-state index contributed by atoms with van der Waals surface area (Å²) < 4.78 is 6.36. The molecule has 6 nitrogen and oxygen atoms in total. The van der Waals surface area contributed by atoms with Crippen molar-refractivity contribution in [2.75, 3.05) is 6.54 Å². The number of carbonyl (C=O) groups is 1. The molecule has 0 radical (unpaired) electrons. The molecule has 0 aliphatic rings. The molecule has 0 spiro atoms. The van der Waals surface area contributed by atoms with Gasteiger partial charge in [-0.15, -0.1) is 11.3 Å². The van der Waals surface area contributed by atoms with Crippen LogP contribution in [0.4, 0.5) is 4.79 Å². The van der Waals surface area contributed by atoms with E-state index in [-0.39, 0.29) is 19.6 Å². The summed E-state index contributed by atoms with van der Waals surface area (Å²) in [6.07, 6.45) is -2.48. The predicted octanol–water partition coefficient (Wildman–Crippen LogP) is 3.66. The lowest BCUT2D eigenvalue weighted by Crippen LogP contribution is -2.29. The third-order valence-electron chi connectivity index (χ3n) is 4.01. The molecule has 0 saturated carbocycles. The highest BCUT2D eigenvalue weighted by atomic mass is 35.5. The molecule has 0 saturated heterocycles. The Bertz CT molecular complexity index is 903. The first-order valence-corrected chi connectivity index (χ1v) is 9.59. The molecule has 2 unspecified atom stereocenters. The molecule has 2 atom stereocenters. The highest BCUT2D eigenvalue weighted by Gasteiger charge is 2.19. The average Bonchev–Trinajstić information content (AvgIpc) is 3.05. The molecule has 3 rings (SSSR count). The van der Waals surface area contributed by atoms with E-state index in [1.807, 2.05) is 30.3 Å². The fraction of sp³-hybridized carbons (Fsp3) is 0.263. The number of aliphatic hydroxyl groups excluding tert-OH is 2. The summed E-state index contributed by atoms with van der Waals surface area (Å²) in [5, 5.41) is 23.1. The SMILES string of the molecule is O=C(NCCC(O)C(O)c1ccc2nc(Cl)sc2c1)OCc1ccccc1. The van der Waals surface area contributed by atoms with Gasteiger partial charge in [0, 0.05) is 6.54 Å². The number of hydrogen-bond acceptors (Lipinski definition) is 6. The summed E-state index contributed by atoms with van der Waals surface area (Å²) in [4.78, 5) is 15.8. The summed E-state index contributed by atoms with van der Waals surface area (Å²) in [6.45, 7) is 0.357. The molecule has 1 aromatic heterocycles. The van der Waals surface area contributed by atoms with Crippen LogP contribution in [0.5, 0.6) is 0 Å². The van der Waals surface area contributed by atoms with Gasteiger partial charge in [-0.1, -0.05) is 48.0 Å². The van der Waals surface area contributed by atoms with Gasteiger partial charge >= 0.3 is 6.09 Å². The van der Waals surface area contributed by atoms with E-state index in [0.717, 1.165) is 15.8 Å². The van der Waals surface area contributed by atoms with Crippen molar-refractivity contribution in [2.45, 2.75) is 25.2 Å². The fourth-order valence-corrected chi connectivity index (χ4v) is 3.65. The Labute approximate surface area is 165 Å². The number of nitrogens with zero attached hydrogens (tertiary/aromatic N) is 1. The minimum Gasteiger partial charge on any atom is -0.445 e. The number of fused-ring (bicyclic) bond motifs is 1. The summed E-state index contributed by atoms with van der Waals surface area (Å²) in [6, 6.07) is 14.6. The highest BCUT2D eigenvalue weighted by Crippen LogP contribution is 2.29. The van der Waals surface area contributed by atoms with Crippen LogP contribution >= 0.6 is 22.9 Å². The van der Waals surface area contributed by atoms with Gasteiger partial charge in [-0.05, 0) is 29.7 Å². The topological polar surface area (TPSA) is 91.7 Å². The normalized spacial score (nSPS) is 13.3. The van der Waals surface area contributed by atoms with Gasteiger partial charge in [-0.25, -0.2) is 9.78 Å². The smallest absolute Gasteiger partial charge is 0.407 e. The Hall–Kier alpha value is -2.19. The van der Waals surface area contributed by atoms with Crippen molar-refractivity contribution >= 4 is 39.2 Å². The van der Waals surface area contributed by atoms with E-state index < -0.39 is 18.3 Å². The quantitative estimate of drug-likeness (QED) is 0.557. The van der Waals surface area contributed by atoms with E-state index in [1.54, 1.807) is 18.2 Å². The first-order chi connectivity index (χ1) is 13.0. The molecule has 8 heteroatoms. The predicted molar refractivity (Wildman–Crippen MR) is 105 cm³/mol. The number of ether oxygens (including phenoxy) is 1.